The number of aryl methyl sites for hydroxylation is 2. The summed E-state index contributed by atoms with van der Waals surface area (Å²) in [6.07, 6.45) is 0.731. The van der Waals surface area contributed by atoms with Crippen molar-refractivity contribution in [3.63, 3.8) is 0 Å². The SMILES string of the molecule is Cc1ccc(C)c([C@@H]2Oc3ccccc3[C@@H]3CC(c4cccs4)=NN32)c1. The molecule has 1 aromatic heterocycles. The van der Waals surface area contributed by atoms with Crippen molar-refractivity contribution in [2.45, 2.75) is 32.5 Å². The molecule has 0 fully saturated rings. The number of hydrazone groups is 1. The van der Waals surface area contributed by atoms with Crippen LogP contribution in [0.4, 0.5) is 0 Å². The third-order valence-electron chi connectivity index (χ3n) is 5.21. The molecule has 0 radical (unpaired) electrons. The lowest BCUT2D eigenvalue weighted by molar-refractivity contribution is -0.0194. The van der Waals surface area contributed by atoms with Crippen LogP contribution in [0.3, 0.4) is 0 Å². The first kappa shape index (κ1) is 15.6. The van der Waals surface area contributed by atoms with Crippen molar-refractivity contribution in [1.82, 2.24) is 5.01 Å². The summed E-state index contributed by atoms with van der Waals surface area (Å²) >= 11 is 1.75. The zero-order valence-corrected chi connectivity index (χ0v) is 15.7. The fraction of sp³-hybridized carbons (Fsp3) is 0.227. The van der Waals surface area contributed by atoms with Gasteiger partial charge in [0.05, 0.1) is 16.6 Å². The molecule has 2 aliphatic heterocycles. The van der Waals surface area contributed by atoms with E-state index in [4.69, 9.17) is 9.84 Å². The number of hydrogen-bond donors (Lipinski definition) is 0. The Morgan fingerprint density at radius 1 is 1.04 bits per heavy atom. The van der Waals surface area contributed by atoms with Gasteiger partial charge in [0.2, 0.25) is 6.23 Å². The molecule has 0 amide bonds. The topological polar surface area (TPSA) is 24.8 Å². The first-order chi connectivity index (χ1) is 12.7. The Morgan fingerprint density at radius 3 is 2.77 bits per heavy atom. The molecule has 0 aliphatic carbocycles. The van der Waals surface area contributed by atoms with Crippen LogP contribution in [0.25, 0.3) is 0 Å². The number of thiophene rings is 1. The van der Waals surface area contributed by atoms with Crippen LogP contribution in [0.5, 0.6) is 5.75 Å². The van der Waals surface area contributed by atoms with Gasteiger partial charge in [0.15, 0.2) is 0 Å². The molecule has 0 N–H and O–H groups in total. The molecule has 4 heteroatoms. The molecule has 26 heavy (non-hydrogen) atoms. The average Bonchev–Trinajstić information content (AvgIpc) is 3.32. The lowest BCUT2D eigenvalue weighted by Crippen LogP contribution is -2.34. The molecule has 0 saturated heterocycles. The fourth-order valence-electron chi connectivity index (χ4n) is 3.86. The highest BCUT2D eigenvalue weighted by Gasteiger charge is 2.41. The van der Waals surface area contributed by atoms with Gasteiger partial charge in [-0.1, -0.05) is 48.0 Å². The maximum atomic E-state index is 6.46. The van der Waals surface area contributed by atoms with E-state index in [1.54, 1.807) is 11.3 Å². The van der Waals surface area contributed by atoms with Gasteiger partial charge in [-0.25, -0.2) is 5.01 Å². The Labute approximate surface area is 157 Å². The van der Waals surface area contributed by atoms with Gasteiger partial charge in [0.1, 0.15) is 5.75 Å². The van der Waals surface area contributed by atoms with E-state index >= 15 is 0 Å². The number of nitrogens with zero attached hydrogens (tertiary/aromatic N) is 2. The van der Waals surface area contributed by atoms with E-state index < -0.39 is 0 Å². The summed E-state index contributed by atoms with van der Waals surface area (Å²) < 4.78 is 6.46. The molecule has 0 saturated carbocycles. The van der Waals surface area contributed by atoms with Crippen LogP contribution in [0.15, 0.2) is 65.1 Å². The van der Waals surface area contributed by atoms with Gasteiger partial charge in [0.25, 0.3) is 0 Å². The summed E-state index contributed by atoms with van der Waals surface area (Å²) in [5, 5.41) is 9.29. The summed E-state index contributed by atoms with van der Waals surface area (Å²) in [7, 11) is 0. The fourth-order valence-corrected chi connectivity index (χ4v) is 4.58. The Kier molecular flexibility index (Phi) is 3.61. The van der Waals surface area contributed by atoms with Gasteiger partial charge in [-0.15, -0.1) is 11.3 Å². The van der Waals surface area contributed by atoms with Gasteiger partial charge < -0.3 is 4.74 Å². The van der Waals surface area contributed by atoms with Crippen LogP contribution in [0.2, 0.25) is 0 Å². The highest BCUT2D eigenvalue weighted by molar-refractivity contribution is 7.12. The molecule has 3 aromatic rings. The first-order valence-corrected chi connectivity index (χ1v) is 9.81. The maximum absolute atomic E-state index is 6.46. The number of benzene rings is 2. The molecule has 130 valence electrons. The van der Waals surface area contributed by atoms with Gasteiger partial charge in [-0.05, 0) is 36.9 Å². The highest BCUT2D eigenvalue weighted by atomic mass is 32.1. The van der Waals surface area contributed by atoms with Crippen LogP contribution < -0.4 is 4.74 Å². The second-order valence-corrected chi connectivity index (χ2v) is 7.94. The van der Waals surface area contributed by atoms with Crippen LogP contribution in [-0.4, -0.2) is 10.7 Å². The van der Waals surface area contributed by atoms with E-state index in [1.807, 2.05) is 6.07 Å². The second kappa shape index (κ2) is 5.99. The smallest absolute Gasteiger partial charge is 0.214 e. The minimum absolute atomic E-state index is 0.188. The molecule has 2 aliphatic rings. The molecular formula is C22H20N2OS. The van der Waals surface area contributed by atoms with E-state index in [0.717, 1.165) is 17.9 Å². The van der Waals surface area contributed by atoms with E-state index in [-0.39, 0.29) is 12.3 Å². The Hall–Kier alpha value is -2.59. The van der Waals surface area contributed by atoms with Crippen LogP contribution in [0.1, 0.15) is 45.8 Å². The molecular weight excluding hydrogens is 340 g/mol. The number of fused-ring (bicyclic) bond motifs is 3. The molecule has 2 aromatic carbocycles. The van der Waals surface area contributed by atoms with E-state index in [9.17, 15) is 0 Å². The number of rotatable bonds is 2. The summed E-state index contributed by atoms with van der Waals surface area (Å²) in [4.78, 5) is 1.25. The Bertz CT molecular complexity index is 993. The van der Waals surface area contributed by atoms with Crippen molar-refractivity contribution >= 4 is 17.0 Å². The normalized spacial score (nSPS) is 21.0. The summed E-state index contributed by atoms with van der Waals surface area (Å²) in [6.45, 7) is 4.27. The van der Waals surface area contributed by atoms with E-state index in [2.05, 4.69) is 72.8 Å². The van der Waals surface area contributed by atoms with Gasteiger partial charge in [-0.3, -0.25) is 0 Å². The first-order valence-electron chi connectivity index (χ1n) is 8.93. The minimum Gasteiger partial charge on any atom is -0.464 e. The molecule has 3 nitrogen and oxygen atoms in total. The zero-order valence-electron chi connectivity index (χ0n) is 14.8. The van der Waals surface area contributed by atoms with E-state index in [1.165, 1.54) is 27.1 Å². The third kappa shape index (κ3) is 2.44. The van der Waals surface area contributed by atoms with E-state index in [0.29, 0.717) is 0 Å². The highest BCUT2D eigenvalue weighted by Crippen LogP contribution is 2.48. The standard InChI is InChI=1S/C22H20N2OS/c1-14-9-10-15(2)17(12-14)22-24-19(16-6-3-4-7-20(16)25-22)13-18(23-24)21-8-5-11-26-21/h3-12,19,22H,13H2,1-2H3/t19-,22-/m0/s1. The van der Waals surface area contributed by atoms with Crippen molar-refractivity contribution in [2.75, 3.05) is 0 Å². The number of hydrogen-bond acceptors (Lipinski definition) is 4. The van der Waals surface area contributed by atoms with Crippen molar-refractivity contribution in [2.24, 2.45) is 5.10 Å². The molecule has 2 atom stereocenters. The lowest BCUT2D eigenvalue weighted by Gasteiger charge is -2.38. The second-order valence-electron chi connectivity index (χ2n) is 6.99. The summed E-state index contributed by atoms with van der Waals surface area (Å²) in [5.74, 6) is 0.974. The quantitative estimate of drug-likeness (QED) is 0.593. The largest absolute Gasteiger partial charge is 0.464 e. The molecule has 3 heterocycles. The van der Waals surface area contributed by atoms with Crippen molar-refractivity contribution in [1.29, 1.82) is 0 Å². The van der Waals surface area contributed by atoms with Gasteiger partial charge in [0, 0.05) is 17.5 Å². The van der Waals surface area contributed by atoms with Gasteiger partial charge in [-0.2, -0.15) is 5.10 Å². The van der Waals surface area contributed by atoms with Crippen molar-refractivity contribution in [3.8, 4) is 5.75 Å². The molecule has 0 bridgehead atoms. The van der Waals surface area contributed by atoms with Crippen molar-refractivity contribution < 1.29 is 4.74 Å². The maximum Gasteiger partial charge on any atom is 0.214 e. The Morgan fingerprint density at radius 2 is 1.92 bits per heavy atom. The lowest BCUT2D eigenvalue weighted by atomic mass is 9.96. The Balaban J connectivity index is 1.64. The van der Waals surface area contributed by atoms with Crippen LogP contribution in [-0.2, 0) is 0 Å². The predicted octanol–water partition coefficient (Wildman–Crippen LogP) is 5.61. The predicted molar refractivity (Wildman–Crippen MR) is 106 cm³/mol. The zero-order chi connectivity index (χ0) is 17.7. The average molecular weight is 360 g/mol. The third-order valence-corrected chi connectivity index (χ3v) is 6.12. The molecule has 0 unspecified atom stereocenters. The van der Waals surface area contributed by atoms with Crippen LogP contribution in [0, 0.1) is 13.8 Å². The molecule has 0 spiro atoms. The monoisotopic (exact) mass is 360 g/mol. The number of para-hydroxylation sites is 1. The molecule has 5 rings (SSSR count). The summed E-state index contributed by atoms with van der Waals surface area (Å²) in [6, 6.07) is 19.4. The van der Waals surface area contributed by atoms with Crippen molar-refractivity contribution in [3.05, 3.63) is 87.1 Å². The minimum atomic E-state index is -0.188. The number of ether oxygens (including phenoxy) is 1. The van der Waals surface area contributed by atoms with Gasteiger partial charge >= 0.3 is 0 Å². The summed E-state index contributed by atoms with van der Waals surface area (Å²) in [5.41, 5.74) is 6.05. The van der Waals surface area contributed by atoms with Crippen LogP contribution >= 0.6 is 11.3 Å².